The fourth-order valence-corrected chi connectivity index (χ4v) is 1.37. The molecule has 0 aliphatic carbocycles. The van der Waals surface area contributed by atoms with E-state index in [1.54, 1.807) is 7.05 Å². The number of carbonyl (C=O) groups is 2. The lowest BCUT2D eigenvalue weighted by molar-refractivity contribution is -0.130. The highest BCUT2D eigenvalue weighted by Gasteiger charge is 2.21. The number of hydrogen-bond acceptors (Lipinski definition) is 3. The zero-order chi connectivity index (χ0) is 12.0. The third-order valence-electron chi connectivity index (χ3n) is 2.30. The first-order chi connectivity index (χ1) is 7.65. The Balaban J connectivity index is 2.42. The zero-order valence-electron chi connectivity index (χ0n) is 9.69. The van der Waals surface area contributed by atoms with Gasteiger partial charge in [-0.15, -0.1) is 0 Å². The monoisotopic (exact) mass is 223 g/mol. The molecule has 0 aromatic carbocycles. The van der Waals surface area contributed by atoms with Gasteiger partial charge in [-0.3, -0.25) is 9.59 Å². The summed E-state index contributed by atoms with van der Waals surface area (Å²) < 4.78 is 0. The molecule has 1 N–H and O–H groups in total. The van der Waals surface area contributed by atoms with Crippen molar-refractivity contribution in [2.45, 2.75) is 26.2 Å². The minimum absolute atomic E-state index is 0.0505. The van der Waals surface area contributed by atoms with E-state index in [9.17, 15) is 9.59 Å². The van der Waals surface area contributed by atoms with Crippen molar-refractivity contribution in [2.24, 2.45) is 5.10 Å². The highest BCUT2D eigenvalue weighted by molar-refractivity contribution is 6.39. The maximum absolute atomic E-state index is 11.6. The average molecular weight is 223 g/mol. The number of carbonyl (C=O) groups excluding carboxylic acids is 2. The number of rotatable bonds is 4. The van der Waals surface area contributed by atoms with E-state index >= 15 is 0 Å². The smallest absolute Gasteiger partial charge is 0.267 e. The van der Waals surface area contributed by atoms with Crippen LogP contribution < -0.4 is 5.32 Å². The Morgan fingerprint density at radius 2 is 2.31 bits per heavy atom. The molecule has 88 valence electrons. The van der Waals surface area contributed by atoms with Crippen LogP contribution in [0.3, 0.4) is 0 Å². The second-order valence-electron chi connectivity index (χ2n) is 3.58. The third-order valence-corrected chi connectivity index (χ3v) is 2.30. The molecule has 5 heteroatoms. The predicted octanol–water partition coefficient (Wildman–Crippen LogP) is 0.677. The van der Waals surface area contributed by atoms with Crippen LogP contribution in [-0.2, 0) is 9.59 Å². The molecule has 0 unspecified atom stereocenters. The van der Waals surface area contributed by atoms with Gasteiger partial charge in [0, 0.05) is 26.4 Å². The summed E-state index contributed by atoms with van der Waals surface area (Å²) in [5.74, 6) is -0.227. The van der Waals surface area contributed by atoms with Gasteiger partial charge in [-0.2, -0.15) is 5.10 Å². The van der Waals surface area contributed by atoms with Crippen molar-refractivity contribution in [3.63, 3.8) is 0 Å². The molecule has 16 heavy (non-hydrogen) atoms. The Labute approximate surface area is 95.2 Å². The van der Waals surface area contributed by atoms with E-state index in [1.165, 1.54) is 5.01 Å². The van der Waals surface area contributed by atoms with Crippen LogP contribution in [0.2, 0.25) is 0 Å². The summed E-state index contributed by atoms with van der Waals surface area (Å²) in [6.07, 6.45) is 5.52. The van der Waals surface area contributed by atoms with E-state index < -0.39 is 0 Å². The van der Waals surface area contributed by atoms with Gasteiger partial charge in [-0.1, -0.05) is 12.2 Å². The first kappa shape index (κ1) is 12.4. The van der Waals surface area contributed by atoms with Gasteiger partial charge in [0.15, 0.2) is 0 Å². The Kier molecular flexibility index (Phi) is 4.69. The molecule has 0 atom stereocenters. The number of allylic oxidation sites excluding steroid dienone is 1. The molecule has 1 aliphatic heterocycles. The van der Waals surface area contributed by atoms with E-state index in [1.807, 2.05) is 19.1 Å². The number of nitrogens with zero attached hydrogens (tertiary/aromatic N) is 2. The van der Waals surface area contributed by atoms with E-state index in [2.05, 4.69) is 10.4 Å². The van der Waals surface area contributed by atoms with Gasteiger partial charge < -0.3 is 5.32 Å². The second-order valence-corrected chi connectivity index (χ2v) is 3.58. The lowest BCUT2D eigenvalue weighted by Gasteiger charge is -2.18. The standard InChI is InChI=1S/C11H17N3O2/c1-3-4-5-8-12-11(16)9-6-7-10(15)14(2)13-9/h3-4H,5-8H2,1-2H3,(H,12,16)/b4-3+. The molecule has 0 bridgehead atoms. The van der Waals surface area contributed by atoms with Crippen molar-refractivity contribution in [3.8, 4) is 0 Å². The summed E-state index contributed by atoms with van der Waals surface area (Å²) in [5, 5.41) is 7.92. The molecule has 0 fully saturated rings. The van der Waals surface area contributed by atoms with Crippen LogP contribution in [0.15, 0.2) is 17.3 Å². The minimum Gasteiger partial charge on any atom is -0.351 e. The highest BCUT2D eigenvalue weighted by Crippen LogP contribution is 2.06. The first-order valence-electron chi connectivity index (χ1n) is 5.38. The van der Waals surface area contributed by atoms with Crippen LogP contribution in [0.4, 0.5) is 0 Å². The average Bonchev–Trinajstić information content (AvgIpc) is 2.28. The Bertz CT molecular complexity index is 334. The maximum atomic E-state index is 11.6. The molecule has 0 aromatic rings. The molecule has 1 aliphatic rings. The Morgan fingerprint density at radius 3 is 2.94 bits per heavy atom. The maximum Gasteiger partial charge on any atom is 0.267 e. The first-order valence-corrected chi connectivity index (χ1v) is 5.38. The molecule has 1 rings (SSSR count). The van der Waals surface area contributed by atoms with Crippen molar-refractivity contribution < 1.29 is 9.59 Å². The van der Waals surface area contributed by atoms with Gasteiger partial charge in [-0.05, 0) is 13.3 Å². The van der Waals surface area contributed by atoms with Gasteiger partial charge >= 0.3 is 0 Å². The third kappa shape index (κ3) is 3.49. The second kappa shape index (κ2) is 6.05. The summed E-state index contributed by atoms with van der Waals surface area (Å²) in [7, 11) is 1.56. The Morgan fingerprint density at radius 1 is 1.56 bits per heavy atom. The van der Waals surface area contributed by atoms with E-state index in [-0.39, 0.29) is 11.8 Å². The SMILES string of the molecule is C/C=C/CCNC(=O)C1=NN(C)C(=O)CC1. The zero-order valence-corrected chi connectivity index (χ0v) is 9.69. The molecule has 0 saturated carbocycles. The normalized spacial score (nSPS) is 16.5. The number of hydrazone groups is 1. The number of nitrogens with one attached hydrogen (secondary N) is 1. The van der Waals surface area contributed by atoms with Crippen LogP contribution in [-0.4, -0.2) is 36.1 Å². The summed E-state index contributed by atoms with van der Waals surface area (Å²) in [6.45, 7) is 2.54. The van der Waals surface area contributed by atoms with Crippen LogP contribution in [0, 0.1) is 0 Å². The molecule has 0 saturated heterocycles. The van der Waals surface area contributed by atoms with Gasteiger partial charge in [0.05, 0.1) is 0 Å². The number of hydrogen-bond donors (Lipinski definition) is 1. The molecule has 0 spiro atoms. The van der Waals surface area contributed by atoms with Gasteiger partial charge in [-0.25, -0.2) is 5.01 Å². The molecule has 0 aromatic heterocycles. The fourth-order valence-electron chi connectivity index (χ4n) is 1.37. The molecule has 0 radical (unpaired) electrons. The van der Waals surface area contributed by atoms with Crippen molar-refractivity contribution >= 4 is 17.5 Å². The predicted molar refractivity (Wildman–Crippen MR) is 61.9 cm³/mol. The van der Waals surface area contributed by atoms with Crippen LogP contribution in [0.5, 0.6) is 0 Å². The topological polar surface area (TPSA) is 61.8 Å². The van der Waals surface area contributed by atoms with Crippen LogP contribution >= 0.6 is 0 Å². The molecule has 5 nitrogen and oxygen atoms in total. The largest absolute Gasteiger partial charge is 0.351 e. The minimum atomic E-state index is -0.177. The molecular formula is C11H17N3O2. The number of amides is 2. The Hall–Kier alpha value is -1.65. The van der Waals surface area contributed by atoms with Gasteiger partial charge in [0.1, 0.15) is 5.71 Å². The van der Waals surface area contributed by atoms with Gasteiger partial charge in [0.25, 0.3) is 5.91 Å². The van der Waals surface area contributed by atoms with Crippen molar-refractivity contribution in [1.29, 1.82) is 0 Å². The van der Waals surface area contributed by atoms with Crippen LogP contribution in [0.1, 0.15) is 26.2 Å². The van der Waals surface area contributed by atoms with Gasteiger partial charge in [0.2, 0.25) is 5.91 Å². The van der Waals surface area contributed by atoms with E-state index in [0.29, 0.717) is 25.1 Å². The van der Waals surface area contributed by atoms with E-state index in [0.717, 1.165) is 6.42 Å². The summed E-state index contributed by atoms with van der Waals surface area (Å²) in [6, 6.07) is 0. The lowest BCUT2D eigenvalue weighted by atomic mass is 10.1. The van der Waals surface area contributed by atoms with E-state index in [4.69, 9.17) is 0 Å². The summed E-state index contributed by atoms with van der Waals surface area (Å²) in [5.41, 5.74) is 0.433. The molecule has 1 heterocycles. The van der Waals surface area contributed by atoms with Crippen LogP contribution in [0.25, 0.3) is 0 Å². The lowest BCUT2D eigenvalue weighted by Crippen LogP contribution is -2.37. The quantitative estimate of drug-likeness (QED) is 0.562. The van der Waals surface area contributed by atoms with Crippen molar-refractivity contribution in [3.05, 3.63) is 12.2 Å². The summed E-state index contributed by atoms with van der Waals surface area (Å²) >= 11 is 0. The highest BCUT2D eigenvalue weighted by atomic mass is 16.2. The fraction of sp³-hybridized carbons (Fsp3) is 0.545. The molecule has 2 amide bonds. The van der Waals surface area contributed by atoms with Crippen molar-refractivity contribution in [2.75, 3.05) is 13.6 Å². The molecular weight excluding hydrogens is 206 g/mol. The summed E-state index contributed by atoms with van der Waals surface area (Å²) in [4.78, 5) is 22.7. The van der Waals surface area contributed by atoms with Crippen molar-refractivity contribution in [1.82, 2.24) is 10.3 Å².